The molecular weight excluding hydrogens is 168 g/mol. The van der Waals surface area contributed by atoms with Crippen molar-refractivity contribution in [3.05, 3.63) is 0 Å². The van der Waals surface area contributed by atoms with Gasteiger partial charge in [0, 0.05) is 13.2 Å². The molecule has 0 aromatic rings. The number of hydrogen-bond acceptors (Lipinski definition) is 4. The molecule has 1 atom stereocenters. The topological polar surface area (TPSA) is 55.6 Å². The molecule has 1 rings (SSSR count). The molecule has 4 nitrogen and oxygen atoms in total. The first-order valence-electron chi connectivity index (χ1n) is 4.74. The van der Waals surface area contributed by atoms with Crippen LogP contribution >= 0.6 is 0 Å². The quantitative estimate of drug-likeness (QED) is 0.636. The first-order valence-corrected chi connectivity index (χ1v) is 4.74. The van der Waals surface area contributed by atoms with Gasteiger partial charge < -0.3 is 10.5 Å². The van der Waals surface area contributed by atoms with E-state index in [-0.39, 0.29) is 12.3 Å². The Labute approximate surface area is 79.0 Å². The molecule has 0 spiro atoms. The van der Waals surface area contributed by atoms with Gasteiger partial charge in [-0.2, -0.15) is 0 Å². The van der Waals surface area contributed by atoms with Crippen LogP contribution in [0.3, 0.4) is 0 Å². The third-order valence-corrected chi connectivity index (χ3v) is 2.21. The van der Waals surface area contributed by atoms with E-state index in [0.29, 0.717) is 12.6 Å². The molecule has 0 aliphatic carbocycles. The molecule has 0 amide bonds. The molecule has 0 aromatic heterocycles. The number of nitrogens with zero attached hydrogens (tertiary/aromatic N) is 1. The molecule has 0 radical (unpaired) electrons. The van der Waals surface area contributed by atoms with Crippen LogP contribution in [-0.2, 0) is 9.53 Å². The van der Waals surface area contributed by atoms with E-state index in [2.05, 4.69) is 0 Å². The van der Waals surface area contributed by atoms with Gasteiger partial charge in [0.15, 0.2) is 5.78 Å². The van der Waals surface area contributed by atoms with Gasteiger partial charge in [0.25, 0.3) is 0 Å². The molecule has 1 unspecified atom stereocenters. The maximum absolute atomic E-state index is 11.0. The molecule has 1 fully saturated rings. The number of hydrogen-bond donors (Lipinski definition) is 1. The highest BCUT2D eigenvalue weighted by Gasteiger charge is 2.17. The van der Waals surface area contributed by atoms with Crippen molar-refractivity contribution in [1.82, 2.24) is 4.90 Å². The summed E-state index contributed by atoms with van der Waals surface area (Å²) in [7, 11) is 1.93. The highest BCUT2D eigenvalue weighted by atomic mass is 16.5. The third kappa shape index (κ3) is 3.85. The molecule has 0 bridgehead atoms. The van der Waals surface area contributed by atoms with E-state index < -0.39 is 0 Å². The van der Waals surface area contributed by atoms with Gasteiger partial charge in [-0.3, -0.25) is 9.69 Å². The molecule has 13 heavy (non-hydrogen) atoms. The average molecular weight is 186 g/mol. The van der Waals surface area contributed by atoms with Crippen molar-refractivity contribution in [3.8, 4) is 0 Å². The Morgan fingerprint density at radius 2 is 2.46 bits per heavy atom. The number of carbonyl (C=O) groups is 1. The summed E-state index contributed by atoms with van der Waals surface area (Å²) < 4.78 is 5.45. The van der Waals surface area contributed by atoms with Crippen molar-refractivity contribution >= 4 is 5.78 Å². The lowest BCUT2D eigenvalue weighted by Crippen LogP contribution is -2.35. The van der Waals surface area contributed by atoms with Gasteiger partial charge in [-0.05, 0) is 19.9 Å². The zero-order chi connectivity index (χ0) is 9.68. The number of nitrogens with two attached hydrogens (primary N) is 1. The molecule has 1 aliphatic heterocycles. The number of ether oxygens (including phenoxy) is 1. The maximum Gasteiger partial charge on any atom is 0.160 e. The van der Waals surface area contributed by atoms with Crippen molar-refractivity contribution in [2.45, 2.75) is 18.9 Å². The average Bonchev–Trinajstić information content (AvgIpc) is 2.56. The van der Waals surface area contributed by atoms with Crippen LogP contribution in [0.15, 0.2) is 0 Å². The molecule has 1 heterocycles. The van der Waals surface area contributed by atoms with Crippen LogP contribution < -0.4 is 5.73 Å². The molecule has 76 valence electrons. The van der Waals surface area contributed by atoms with Crippen LogP contribution in [0.4, 0.5) is 0 Å². The lowest BCUT2D eigenvalue weighted by atomic mass is 10.2. The van der Waals surface area contributed by atoms with E-state index in [1.165, 1.54) is 0 Å². The minimum atomic E-state index is 0.0838. The summed E-state index contributed by atoms with van der Waals surface area (Å²) in [5, 5.41) is 0. The van der Waals surface area contributed by atoms with Gasteiger partial charge in [-0.1, -0.05) is 0 Å². The predicted octanol–water partition coefficient (Wildman–Crippen LogP) is -0.375. The fraction of sp³-hybridized carbons (Fsp3) is 0.889. The Kier molecular flexibility index (Phi) is 4.35. The Balaban J connectivity index is 2.16. The van der Waals surface area contributed by atoms with Crippen LogP contribution in [0.5, 0.6) is 0 Å². The molecule has 1 saturated heterocycles. The standard InChI is InChI=1S/C9H18N2O2/c1-11(6-8(12)5-10)7-9-3-2-4-13-9/h9H,2-7,10H2,1H3. The summed E-state index contributed by atoms with van der Waals surface area (Å²) in [5.41, 5.74) is 5.22. The molecule has 0 aromatic carbocycles. The Hall–Kier alpha value is -0.450. The highest BCUT2D eigenvalue weighted by Crippen LogP contribution is 2.12. The molecular formula is C9H18N2O2. The van der Waals surface area contributed by atoms with Gasteiger partial charge in [0.05, 0.1) is 19.2 Å². The fourth-order valence-corrected chi connectivity index (χ4v) is 1.57. The van der Waals surface area contributed by atoms with E-state index in [0.717, 1.165) is 26.0 Å². The number of rotatable bonds is 5. The van der Waals surface area contributed by atoms with Gasteiger partial charge in [0.1, 0.15) is 0 Å². The van der Waals surface area contributed by atoms with E-state index in [1.807, 2.05) is 11.9 Å². The van der Waals surface area contributed by atoms with Crippen LogP contribution in [0.25, 0.3) is 0 Å². The monoisotopic (exact) mass is 186 g/mol. The van der Waals surface area contributed by atoms with Gasteiger partial charge in [-0.25, -0.2) is 0 Å². The first-order chi connectivity index (χ1) is 6.22. The first kappa shape index (κ1) is 10.6. The molecule has 1 aliphatic rings. The number of Topliss-reactive ketones (excluding diaryl/α,β-unsaturated/α-hetero) is 1. The van der Waals surface area contributed by atoms with E-state index in [9.17, 15) is 4.79 Å². The Morgan fingerprint density at radius 3 is 3.00 bits per heavy atom. The number of likely N-dealkylation sites (N-methyl/N-ethyl adjacent to an activating group) is 1. The van der Waals surface area contributed by atoms with E-state index in [4.69, 9.17) is 10.5 Å². The van der Waals surface area contributed by atoms with Crippen LogP contribution in [0.1, 0.15) is 12.8 Å². The summed E-state index contributed by atoms with van der Waals surface area (Å²) >= 11 is 0. The van der Waals surface area contributed by atoms with Crippen molar-refractivity contribution < 1.29 is 9.53 Å². The van der Waals surface area contributed by atoms with Crippen LogP contribution in [-0.4, -0.2) is 50.1 Å². The summed E-state index contributed by atoms with van der Waals surface area (Å²) in [6.07, 6.45) is 2.57. The van der Waals surface area contributed by atoms with Gasteiger partial charge in [-0.15, -0.1) is 0 Å². The lowest BCUT2D eigenvalue weighted by Gasteiger charge is -2.19. The zero-order valence-corrected chi connectivity index (χ0v) is 8.16. The fourth-order valence-electron chi connectivity index (χ4n) is 1.57. The molecule has 2 N–H and O–H groups in total. The van der Waals surface area contributed by atoms with E-state index in [1.54, 1.807) is 0 Å². The second kappa shape index (κ2) is 5.32. The van der Waals surface area contributed by atoms with Crippen molar-refractivity contribution in [1.29, 1.82) is 0 Å². The predicted molar refractivity (Wildman–Crippen MR) is 50.5 cm³/mol. The second-order valence-corrected chi connectivity index (χ2v) is 3.57. The largest absolute Gasteiger partial charge is 0.377 e. The van der Waals surface area contributed by atoms with Crippen molar-refractivity contribution in [2.75, 3.05) is 33.3 Å². The number of ketones is 1. The minimum Gasteiger partial charge on any atom is -0.377 e. The van der Waals surface area contributed by atoms with Gasteiger partial charge >= 0.3 is 0 Å². The summed E-state index contributed by atoms with van der Waals surface area (Å²) in [5.74, 6) is 0.0838. The summed E-state index contributed by atoms with van der Waals surface area (Å²) in [6, 6.07) is 0. The van der Waals surface area contributed by atoms with Crippen molar-refractivity contribution in [3.63, 3.8) is 0 Å². The van der Waals surface area contributed by atoms with Crippen LogP contribution in [0, 0.1) is 0 Å². The smallest absolute Gasteiger partial charge is 0.160 e. The van der Waals surface area contributed by atoms with Crippen molar-refractivity contribution in [2.24, 2.45) is 5.73 Å². The normalized spacial score (nSPS) is 22.5. The van der Waals surface area contributed by atoms with E-state index >= 15 is 0 Å². The minimum absolute atomic E-state index is 0.0838. The number of carbonyl (C=O) groups excluding carboxylic acids is 1. The maximum atomic E-state index is 11.0. The Morgan fingerprint density at radius 1 is 1.69 bits per heavy atom. The second-order valence-electron chi connectivity index (χ2n) is 3.57. The lowest BCUT2D eigenvalue weighted by molar-refractivity contribution is -0.118. The SMILES string of the molecule is CN(CC(=O)CN)CC1CCCO1. The summed E-state index contributed by atoms with van der Waals surface area (Å²) in [4.78, 5) is 13.0. The third-order valence-electron chi connectivity index (χ3n) is 2.21. The van der Waals surface area contributed by atoms with Gasteiger partial charge in [0.2, 0.25) is 0 Å². The van der Waals surface area contributed by atoms with Crippen LogP contribution in [0.2, 0.25) is 0 Å². The zero-order valence-electron chi connectivity index (χ0n) is 8.16. The summed E-state index contributed by atoms with van der Waals surface area (Å²) in [6.45, 7) is 2.28. The molecule has 4 heteroatoms. The Bertz CT molecular complexity index is 167. The molecule has 0 saturated carbocycles. The highest BCUT2D eigenvalue weighted by molar-refractivity contribution is 5.82.